The second kappa shape index (κ2) is 8.03. The molecule has 0 bridgehead atoms. The number of nitrogens with zero attached hydrogens (tertiary/aromatic N) is 5. The zero-order valence-electron chi connectivity index (χ0n) is 17.2. The number of amides is 1. The van der Waals surface area contributed by atoms with Gasteiger partial charge in [-0.15, -0.1) is 11.3 Å². The summed E-state index contributed by atoms with van der Waals surface area (Å²) in [6.07, 6.45) is 1.92. The second-order valence-corrected chi connectivity index (χ2v) is 8.62. The van der Waals surface area contributed by atoms with Crippen LogP contribution in [0, 0.1) is 6.92 Å². The summed E-state index contributed by atoms with van der Waals surface area (Å²) in [5.74, 6) is 1.20. The number of thiazole rings is 1. The molecule has 0 saturated carbocycles. The third kappa shape index (κ3) is 3.74. The molecule has 0 radical (unpaired) electrons. The van der Waals surface area contributed by atoms with Gasteiger partial charge in [-0.25, -0.2) is 19.9 Å². The van der Waals surface area contributed by atoms with E-state index in [0.29, 0.717) is 23.8 Å². The van der Waals surface area contributed by atoms with Gasteiger partial charge in [-0.05, 0) is 31.9 Å². The van der Waals surface area contributed by atoms with Crippen LogP contribution in [-0.2, 0) is 0 Å². The van der Waals surface area contributed by atoms with Gasteiger partial charge in [-0.3, -0.25) is 4.79 Å². The molecule has 156 valence electrons. The highest BCUT2D eigenvalue weighted by Gasteiger charge is 2.28. The Morgan fingerprint density at radius 2 is 1.97 bits per heavy atom. The molecule has 1 saturated heterocycles. The Kier molecular flexibility index (Phi) is 5.07. The molecule has 5 rings (SSSR count). The lowest BCUT2D eigenvalue weighted by atomic mass is 9.94. The first-order valence-corrected chi connectivity index (χ1v) is 11.2. The van der Waals surface area contributed by atoms with E-state index in [2.05, 4.69) is 15.0 Å². The third-order valence-corrected chi connectivity index (χ3v) is 6.63. The van der Waals surface area contributed by atoms with Gasteiger partial charge in [0.2, 0.25) is 0 Å². The molecule has 1 aliphatic rings. The number of benzene rings is 1. The first-order chi connectivity index (χ1) is 15.1. The summed E-state index contributed by atoms with van der Waals surface area (Å²) in [7, 11) is 0. The summed E-state index contributed by atoms with van der Waals surface area (Å²) in [5, 5.41) is 0.743. The van der Waals surface area contributed by atoms with Crippen molar-refractivity contribution in [3.05, 3.63) is 64.2 Å². The zero-order chi connectivity index (χ0) is 21.4. The van der Waals surface area contributed by atoms with E-state index in [9.17, 15) is 4.79 Å². The Balaban J connectivity index is 1.45. The summed E-state index contributed by atoms with van der Waals surface area (Å²) in [4.78, 5) is 33.8. The number of piperidine rings is 1. The minimum absolute atomic E-state index is 0.0587. The van der Waals surface area contributed by atoms with Crippen LogP contribution in [0.1, 0.15) is 39.8 Å². The molecule has 3 aromatic heterocycles. The number of fused-ring (bicyclic) bond motifs is 1. The number of carbonyl (C=O) groups excluding carboxylic acids is 1. The Hall–Kier alpha value is -3.39. The van der Waals surface area contributed by atoms with Crippen molar-refractivity contribution in [3.8, 4) is 11.4 Å². The van der Waals surface area contributed by atoms with E-state index < -0.39 is 0 Å². The topological polar surface area (TPSA) is 97.9 Å². The first kappa shape index (κ1) is 19.6. The molecule has 31 heavy (non-hydrogen) atoms. The largest absolute Gasteiger partial charge is 0.383 e. The van der Waals surface area contributed by atoms with E-state index >= 15 is 0 Å². The lowest BCUT2D eigenvalue weighted by Gasteiger charge is -2.32. The Bertz CT molecular complexity index is 1260. The normalized spacial score (nSPS) is 16.5. The van der Waals surface area contributed by atoms with Crippen LogP contribution in [0.3, 0.4) is 0 Å². The molecule has 1 atom stereocenters. The van der Waals surface area contributed by atoms with E-state index in [-0.39, 0.29) is 11.8 Å². The maximum Gasteiger partial charge on any atom is 0.265 e. The number of hydrogen-bond acceptors (Lipinski definition) is 7. The number of pyridine rings is 1. The minimum atomic E-state index is 0.0587. The smallest absolute Gasteiger partial charge is 0.265 e. The fourth-order valence-electron chi connectivity index (χ4n) is 4.05. The van der Waals surface area contributed by atoms with Crippen molar-refractivity contribution in [3.63, 3.8) is 0 Å². The predicted octanol–water partition coefficient (Wildman–Crippen LogP) is 4.06. The number of rotatable bonds is 3. The number of aromatic nitrogens is 4. The molecule has 1 aromatic carbocycles. The van der Waals surface area contributed by atoms with E-state index in [1.54, 1.807) is 5.51 Å². The molecular weight excluding hydrogens is 408 g/mol. The van der Waals surface area contributed by atoms with E-state index in [0.717, 1.165) is 46.6 Å². The molecular formula is C23H22N6OS. The summed E-state index contributed by atoms with van der Waals surface area (Å²) in [6, 6.07) is 13.7. The number of anilines is 1. The van der Waals surface area contributed by atoms with Crippen molar-refractivity contribution in [2.24, 2.45) is 0 Å². The summed E-state index contributed by atoms with van der Waals surface area (Å²) < 4.78 is 0. The van der Waals surface area contributed by atoms with Gasteiger partial charge < -0.3 is 10.6 Å². The summed E-state index contributed by atoms with van der Waals surface area (Å²) in [5.41, 5.74) is 11.1. The predicted molar refractivity (Wildman–Crippen MR) is 122 cm³/mol. The van der Waals surface area contributed by atoms with Gasteiger partial charge in [0.15, 0.2) is 11.5 Å². The van der Waals surface area contributed by atoms with Gasteiger partial charge in [-0.2, -0.15) is 0 Å². The first-order valence-electron chi connectivity index (χ1n) is 10.3. The fraction of sp³-hybridized carbons (Fsp3) is 0.261. The molecule has 2 N–H and O–H groups in total. The maximum atomic E-state index is 13.0. The third-order valence-electron chi connectivity index (χ3n) is 5.71. The van der Waals surface area contributed by atoms with Crippen molar-refractivity contribution >= 4 is 34.1 Å². The minimum Gasteiger partial charge on any atom is -0.383 e. The fourth-order valence-corrected chi connectivity index (χ4v) is 4.81. The highest BCUT2D eigenvalue weighted by atomic mass is 32.1. The van der Waals surface area contributed by atoms with Crippen LogP contribution >= 0.6 is 11.3 Å². The van der Waals surface area contributed by atoms with Crippen molar-refractivity contribution in [1.82, 2.24) is 24.8 Å². The van der Waals surface area contributed by atoms with Crippen molar-refractivity contribution in [2.75, 3.05) is 18.8 Å². The van der Waals surface area contributed by atoms with E-state index in [4.69, 9.17) is 10.7 Å². The molecule has 1 fully saturated rings. The Morgan fingerprint density at radius 3 is 2.74 bits per heavy atom. The van der Waals surface area contributed by atoms with E-state index in [1.165, 1.54) is 11.3 Å². The lowest BCUT2D eigenvalue weighted by Crippen LogP contribution is -2.39. The number of nitrogens with two attached hydrogens (primary N) is 1. The van der Waals surface area contributed by atoms with Crippen molar-refractivity contribution < 1.29 is 4.79 Å². The van der Waals surface area contributed by atoms with Crippen LogP contribution in [-0.4, -0.2) is 43.8 Å². The molecule has 8 heteroatoms. The second-order valence-electron chi connectivity index (χ2n) is 7.76. The summed E-state index contributed by atoms with van der Waals surface area (Å²) in [6.45, 7) is 3.28. The quantitative estimate of drug-likeness (QED) is 0.526. The Labute approximate surface area is 184 Å². The standard InChI is InChI=1S/C23H22N6OS/c1-14-19(31-13-25-14)23(30)29-11-5-8-16(12-29)18-10-9-17-20(24)27-21(28-22(17)26-18)15-6-3-2-4-7-15/h2-4,6-7,9-10,13,16H,5,8,11-12H2,1H3,(H2,24,26,27,28). The molecule has 1 unspecified atom stereocenters. The zero-order valence-corrected chi connectivity index (χ0v) is 18.0. The molecule has 7 nitrogen and oxygen atoms in total. The average Bonchev–Trinajstić information content (AvgIpc) is 3.24. The van der Waals surface area contributed by atoms with Crippen molar-refractivity contribution in [2.45, 2.75) is 25.7 Å². The van der Waals surface area contributed by atoms with Gasteiger partial charge >= 0.3 is 0 Å². The van der Waals surface area contributed by atoms with Gasteiger partial charge in [0.1, 0.15) is 10.7 Å². The van der Waals surface area contributed by atoms with Crippen LogP contribution in [0.2, 0.25) is 0 Å². The number of aryl methyl sites for hydroxylation is 1. The maximum absolute atomic E-state index is 13.0. The molecule has 0 aliphatic carbocycles. The average molecular weight is 431 g/mol. The van der Waals surface area contributed by atoms with Crippen LogP contribution in [0.15, 0.2) is 48.0 Å². The molecule has 4 aromatic rings. The van der Waals surface area contributed by atoms with Gasteiger partial charge in [0, 0.05) is 30.3 Å². The number of likely N-dealkylation sites (tertiary alicyclic amines) is 1. The molecule has 1 aliphatic heterocycles. The lowest BCUT2D eigenvalue weighted by molar-refractivity contribution is 0.0710. The Morgan fingerprint density at radius 1 is 1.13 bits per heavy atom. The monoisotopic (exact) mass is 430 g/mol. The van der Waals surface area contributed by atoms with Gasteiger partial charge in [0.25, 0.3) is 5.91 Å². The number of carbonyl (C=O) groups is 1. The summed E-state index contributed by atoms with van der Waals surface area (Å²) >= 11 is 1.40. The molecule has 1 amide bonds. The molecule has 4 heterocycles. The van der Waals surface area contributed by atoms with E-state index in [1.807, 2.05) is 54.3 Å². The van der Waals surface area contributed by atoms with Crippen LogP contribution in [0.5, 0.6) is 0 Å². The van der Waals surface area contributed by atoms with Crippen LogP contribution in [0.25, 0.3) is 22.4 Å². The van der Waals surface area contributed by atoms with Gasteiger partial charge in [-0.1, -0.05) is 30.3 Å². The number of hydrogen-bond donors (Lipinski definition) is 1. The van der Waals surface area contributed by atoms with Crippen LogP contribution in [0.4, 0.5) is 5.82 Å². The van der Waals surface area contributed by atoms with Gasteiger partial charge in [0.05, 0.1) is 16.6 Å². The SMILES string of the molecule is Cc1ncsc1C(=O)N1CCCC(c2ccc3c(N)nc(-c4ccccc4)nc3n2)C1. The van der Waals surface area contributed by atoms with Crippen LogP contribution < -0.4 is 5.73 Å². The highest BCUT2D eigenvalue weighted by molar-refractivity contribution is 7.11. The van der Waals surface area contributed by atoms with Crippen molar-refractivity contribution in [1.29, 1.82) is 0 Å². The number of nitrogen functional groups attached to an aromatic ring is 1. The molecule has 0 spiro atoms. The highest BCUT2D eigenvalue weighted by Crippen LogP contribution is 2.30.